The van der Waals surface area contributed by atoms with E-state index < -0.39 is 10.8 Å². The Labute approximate surface area is 195 Å². The summed E-state index contributed by atoms with van der Waals surface area (Å²) in [6.07, 6.45) is 8.02. The average Bonchev–Trinajstić information content (AvgIpc) is 3.38. The van der Waals surface area contributed by atoms with Gasteiger partial charge in [-0.05, 0) is 61.8 Å². The first-order chi connectivity index (χ1) is 15.5. The number of aliphatic hydroxyl groups is 1. The molecule has 6 rings (SSSR count). The lowest BCUT2D eigenvalue weighted by atomic mass is 9.77. The van der Waals surface area contributed by atoms with Gasteiger partial charge in [0.2, 0.25) is 5.95 Å². The minimum absolute atomic E-state index is 0.0648. The summed E-state index contributed by atoms with van der Waals surface area (Å²) in [5.41, 5.74) is 3.18. The van der Waals surface area contributed by atoms with Crippen LogP contribution < -0.4 is 10.2 Å². The molecule has 2 unspecified atom stereocenters. The molecule has 0 radical (unpaired) electrons. The normalized spacial score (nSPS) is 27.6. The molecule has 2 aromatic rings. The number of nitrogens with one attached hydrogen (secondary N) is 1. The lowest BCUT2D eigenvalue weighted by Crippen LogP contribution is -2.49. The number of hydrogen-bond acceptors (Lipinski definition) is 6. The van der Waals surface area contributed by atoms with Crippen LogP contribution in [-0.4, -0.2) is 49.8 Å². The number of aryl methyl sites for hydroxylation is 1. The molecule has 3 atom stereocenters. The van der Waals surface area contributed by atoms with Gasteiger partial charge in [0, 0.05) is 23.2 Å². The van der Waals surface area contributed by atoms with Crippen molar-refractivity contribution in [2.45, 2.75) is 55.0 Å². The van der Waals surface area contributed by atoms with Crippen molar-refractivity contribution < 1.29 is 9.32 Å². The van der Waals surface area contributed by atoms with Crippen molar-refractivity contribution in [3.05, 3.63) is 46.6 Å². The minimum Gasteiger partial charge on any atom is -0.394 e. The third-order valence-corrected chi connectivity index (χ3v) is 9.28. The van der Waals surface area contributed by atoms with Gasteiger partial charge >= 0.3 is 0 Å². The molecule has 4 aliphatic rings. The molecule has 2 aliphatic carbocycles. The number of hydrogen-bond donors (Lipinski definition) is 2. The first-order valence-corrected chi connectivity index (χ1v) is 13.2. The molecule has 0 spiro atoms. The molecule has 8 heteroatoms. The van der Waals surface area contributed by atoms with E-state index in [1.807, 2.05) is 12.1 Å². The maximum absolute atomic E-state index is 12.9. The summed E-state index contributed by atoms with van der Waals surface area (Å²) in [4.78, 5) is 12.9. The summed E-state index contributed by atoms with van der Waals surface area (Å²) in [6.45, 7) is 0.945. The Morgan fingerprint density at radius 3 is 2.69 bits per heavy atom. The molecule has 168 valence electrons. The highest BCUT2D eigenvalue weighted by molar-refractivity contribution is 7.85. The summed E-state index contributed by atoms with van der Waals surface area (Å²) in [7, 11) is -1.10. The van der Waals surface area contributed by atoms with Gasteiger partial charge in [0.05, 0.1) is 34.7 Å². The number of fused-ring (bicyclic) bond motifs is 3. The lowest BCUT2D eigenvalue weighted by molar-refractivity contribution is 0.143. The van der Waals surface area contributed by atoms with Crippen molar-refractivity contribution in [2.24, 2.45) is 5.92 Å². The van der Waals surface area contributed by atoms with Crippen LogP contribution in [0.15, 0.2) is 35.2 Å². The molecule has 1 saturated heterocycles. The van der Waals surface area contributed by atoms with Crippen molar-refractivity contribution >= 4 is 39.7 Å². The minimum atomic E-state index is -1.10. The summed E-state index contributed by atoms with van der Waals surface area (Å²) in [5.74, 6) is 2.48. The largest absolute Gasteiger partial charge is 0.394 e. The van der Waals surface area contributed by atoms with Gasteiger partial charge in [0.15, 0.2) is 0 Å². The number of anilines is 2. The van der Waals surface area contributed by atoms with Gasteiger partial charge in [-0.2, -0.15) is 4.98 Å². The van der Waals surface area contributed by atoms with E-state index in [1.165, 1.54) is 11.1 Å². The smallest absolute Gasteiger partial charge is 0.228 e. The highest BCUT2D eigenvalue weighted by Gasteiger charge is 2.42. The predicted molar refractivity (Wildman–Crippen MR) is 128 cm³/mol. The Morgan fingerprint density at radius 1 is 1.22 bits per heavy atom. The quantitative estimate of drug-likeness (QED) is 0.692. The Bertz CT molecular complexity index is 1110. The maximum atomic E-state index is 12.9. The fourth-order valence-corrected chi connectivity index (χ4v) is 7.01. The molecule has 2 fully saturated rings. The SMILES string of the molecule is O=[S@@]1CCCc2nc(N3CC4CC3C=C4c3ccc(Cl)cc3)nc(NC3(CO)CCC3)c21. The van der Waals surface area contributed by atoms with Gasteiger partial charge in [0.25, 0.3) is 0 Å². The first kappa shape index (κ1) is 20.6. The zero-order valence-electron chi connectivity index (χ0n) is 17.9. The molecule has 2 bridgehead atoms. The summed E-state index contributed by atoms with van der Waals surface area (Å²) in [6, 6.07) is 8.35. The fourth-order valence-electron chi connectivity index (χ4n) is 5.55. The molecule has 3 heterocycles. The van der Waals surface area contributed by atoms with Crippen LogP contribution in [0.4, 0.5) is 11.8 Å². The standard InChI is InChI=1S/C24H27ClN4O2S/c25-17-6-4-15(5-7-17)19-12-18-11-16(19)13-29(18)23-26-20-3-1-10-32(31)21(20)22(27-23)28-24(14-30)8-2-9-24/h4-7,12,16,18,30H,1-3,8-11,13-14H2,(H,26,27,28)/t16?,18?,32-/m1/s1. The van der Waals surface area contributed by atoms with Crippen LogP contribution in [0.3, 0.4) is 0 Å². The first-order valence-electron chi connectivity index (χ1n) is 11.5. The van der Waals surface area contributed by atoms with Crippen LogP contribution in [0.5, 0.6) is 0 Å². The van der Waals surface area contributed by atoms with Gasteiger partial charge < -0.3 is 15.3 Å². The lowest BCUT2D eigenvalue weighted by Gasteiger charge is -2.42. The summed E-state index contributed by atoms with van der Waals surface area (Å²) < 4.78 is 12.9. The number of benzene rings is 1. The van der Waals surface area contributed by atoms with E-state index in [4.69, 9.17) is 21.6 Å². The summed E-state index contributed by atoms with van der Waals surface area (Å²) in [5, 5.41) is 14.2. The van der Waals surface area contributed by atoms with E-state index in [2.05, 4.69) is 28.4 Å². The molecular weight excluding hydrogens is 444 g/mol. The zero-order chi connectivity index (χ0) is 21.9. The number of halogens is 1. The molecule has 1 saturated carbocycles. The highest BCUT2D eigenvalue weighted by Crippen LogP contribution is 2.45. The van der Waals surface area contributed by atoms with Crippen LogP contribution in [0.2, 0.25) is 5.02 Å². The highest BCUT2D eigenvalue weighted by atomic mass is 35.5. The number of nitrogens with zero attached hydrogens (tertiary/aromatic N) is 3. The van der Waals surface area contributed by atoms with E-state index in [0.717, 1.165) is 66.6 Å². The average molecular weight is 471 g/mol. The van der Waals surface area contributed by atoms with E-state index >= 15 is 0 Å². The van der Waals surface area contributed by atoms with Gasteiger partial charge in [0.1, 0.15) is 10.7 Å². The van der Waals surface area contributed by atoms with E-state index in [-0.39, 0.29) is 18.2 Å². The molecular formula is C24H27ClN4O2S. The van der Waals surface area contributed by atoms with Gasteiger partial charge in [-0.25, -0.2) is 4.98 Å². The van der Waals surface area contributed by atoms with Crippen molar-refractivity contribution in [1.82, 2.24) is 9.97 Å². The van der Waals surface area contributed by atoms with Gasteiger partial charge in [-0.3, -0.25) is 4.21 Å². The number of aromatic nitrogens is 2. The Balaban J connectivity index is 1.34. The Morgan fingerprint density at radius 2 is 2.03 bits per heavy atom. The Kier molecular flexibility index (Phi) is 5.04. The zero-order valence-corrected chi connectivity index (χ0v) is 19.5. The van der Waals surface area contributed by atoms with E-state index in [9.17, 15) is 9.32 Å². The molecule has 1 aromatic carbocycles. The summed E-state index contributed by atoms with van der Waals surface area (Å²) >= 11 is 6.07. The molecule has 0 amide bonds. The van der Waals surface area contributed by atoms with Crippen LogP contribution in [-0.2, 0) is 17.2 Å². The third kappa shape index (κ3) is 3.37. The van der Waals surface area contributed by atoms with Crippen LogP contribution >= 0.6 is 11.6 Å². The topological polar surface area (TPSA) is 78.4 Å². The molecule has 2 aliphatic heterocycles. The van der Waals surface area contributed by atoms with Crippen molar-refractivity contribution in [1.29, 1.82) is 0 Å². The maximum Gasteiger partial charge on any atom is 0.228 e. The number of aliphatic hydroxyl groups excluding tert-OH is 1. The van der Waals surface area contributed by atoms with E-state index in [1.54, 1.807) is 0 Å². The van der Waals surface area contributed by atoms with Crippen LogP contribution in [0.25, 0.3) is 5.57 Å². The number of rotatable bonds is 5. The van der Waals surface area contributed by atoms with Crippen molar-refractivity contribution in [3.63, 3.8) is 0 Å². The molecule has 2 N–H and O–H groups in total. The molecule has 6 nitrogen and oxygen atoms in total. The second-order valence-electron chi connectivity index (χ2n) is 9.50. The molecule has 1 aromatic heterocycles. The van der Waals surface area contributed by atoms with Gasteiger partial charge in [-0.15, -0.1) is 0 Å². The Hall–Kier alpha value is -1.96. The van der Waals surface area contributed by atoms with Gasteiger partial charge in [-0.1, -0.05) is 29.8 Å². The second kappa shape index (κ2) is 7.82. The van der Waals surface area contributed by atoms with Crippen LogP contribution in [0.1, 0.15) is 43.4 Å². The van der Waals surface area contributed by atoms with Crippen molar-refractivity contribution in [3.8, 4) is 0 Å². The predicted octanol–water partition coefficient (Wildman–Crippen LogP) is 3.80. The van der Waals surface area contributed by atoms with Crippen molar-refractivity contribution in [2.75, 3.05) is 29.1 Å². The molecule has 32 heavy (non-hydrogen) atoms. The van der Waals surface area contributed by atoms with Crippen LogP contribution in [0, 0.1) is 5.92 Å². The fraction of sp³-hybridized carbons (Fsp3) is 0.500. The monoisotopic (exact) mass is 470 g/mol. The second-order valence-corrected chi connectivity index (χ2v) is 11.4. The van der Waals surface area contributed by atoms with E-state index in [0.29, 0.717) is 17.5 Å². The third-order valence-electron chi connectivity index (χ3n) is 7.48.